The van der Waals surface area contributed by atoms with Gasteiger partial charge in [-0.2, -0.15) is 0 Å². The molecule has 0 aliphatic heterocycles. The topological polar surface area (TPSA) is 39.7 Å². The van der Waals surface area contributed by atoms with Gasteiger partial charge in [-0.1, -0.05) is 24.3 Å². The van der Waals surface area contributed by atoms with E-state index in [1.165, 1.54) is 12.1 Å². The Hall–Kier alpha value is -2.11. The lowest BCUT2D eigenvalue weighted by molar-refractivity contribution is 0.0770. The van der Waals surface area contributed by atoms with Crippen molar-refractivity contribution in [1.82, 2.24) is 5.32 Å². The average molecular weight is 361 g/mol. The highest BCUT2D eigenvalue weighted by Gasteiger charge is 2.11. The highest BCUT2D eigenvalue weighted by Crippen LogP contribution is 2.31. The zero-order chi connectivity index (χ0) is 18.8. The van der Waals surface area contributed by atoms with Crippen LogP contribution in [0.5, 0.6) is 11.5 Å². The van der Waals surface area contributed by atoms with Crippen LogP contribution in [0, 0.1) is 5.82 Å². The molecule has 5 heteroatoms. The number of para-hydroxylation sites is 1. The molecule has 0 aliphatic rings. The minimum absolute atomic E-state index is 0.252. The van der Waals surface area contributed by atoms with Crippen molar-refractivity contribution >= 4 is 0 Å². The maximum atomic E-state index is 13.0. The van der Waals surface area contributed by atoms with Gasteiger partial charge in [-0.05, 0) is 50.6 Å². The molecule has 26 heavy (non-hydrogen) atoms. The summed E-state index contributed by atoms with van der Waals surface area (Å²) in [5, 5.41) is 3.41. The van der Waals surface area contributed by atoms with E-state index in [9.17, 15) is 4.39 Å². The Labute approximate surface area is 155 Å². The normalized spacial score (nSPS) is 11.0. The van der Waals surface area contributed by atoms with Crippen molar-refractivity contribution in [3.63, 3.8) is 0 Å². The number of ether oxygens (including phenoxy) is 3. The lowest BCUT2D eigenvalue weighted by Crippen LogP contribution is -2.18. The fourth-order valence-electron chi connectivity index (χ4n) is 2.50. The smallest absolute Gasteiger partial charge is 0.166 e. The van der Waals surface area contributed by atoms with Gasteiger partial charge in [0.15, 0.2) is 11.5 Å². The molecule has 0 spiro atoms. The molecule has 0 aliphatic carbocycles. The summed E-state index contributed by atoms with van der Waals surface area (Å²) < 4.78 is 30.0. The van der Waals surface area contributed by atoms with Crippen LogP contribution in [-0.4, -0.2) is 26.4 Å². The van der Waals surface area contributed by atoms with E-state index >= 15 is 0 Å². The lowest BCUT2D eigenvalue weighted by Gasteiger charge is -2.16. The average Bonchev–Trinajstić information content (AvgIpc) is 2.64. The molecule has 4 nitrogen and oxygen atoms in total. The SMILES string of the molecule is COc1cccc(CNCCCOC(C)C)c1OCc1ccc(F)cc1. The van der Waals surface area contributed by atoms with E-state index < -0.39 is 0 Å². The number of methoxy groups -OCH3 is 1. The monoisotopic (exact) mass is 361 g/mol. The summed E-state index contributed by atoms with van der Waals surface area (Å²) in [7, 11) is 1.63. The van der Waals surface area contributed by atoms with Crippen molar-refractivity contribution in [3.8, 4) is 11.5 Å². The molecule has 0 amide bonds. The summed E-state index contributed by atoms with van der Waals surface area (Å²) in [5.74, 6) is 1.15. The molecule has 0 unspecified atom stereocenters. The second-order valence-electron chi connectivity index (χ2n) is 6.31. The zero-order valence-electron chi connectivity index (χ0n) is 15.8. The van der Waals surface area contributed by atoms with Crippen LogP contribution in [-0.2, 0) is 17.9 Å². The maximum absolute atomic E-state index is 13.0. The van der Waals surface area contributed by atoms with Crippen molar-refractivity contribution in [3.05, 3.63) is 59.4 Å². The molecule has 0 saturated heterocycles. The van der Waals surface area contributed by atoms with Gasteiger partial charge in [-0.3, -0.25) is 0 Å². The summed E-state index contributed by atoms with van der Waals surface area (Å²) in [4.78, 5) is 0. The first-order valence-corrected chi connectivity index (χ1v) is 8.95. The van der Waals surface area contributed by atoms with Crippen LogP contribution >= 0.6 is 0 Å². The Balaban J connectivity index is 1.92. The van der Waals surface area contributed by atoms with E-state index in [1.54, 1.807) is 19.2 Å². The third-order valence-corrected chi connectivity index (χ3v) is 3.84. The lowest BCUT2D eigenvalue weighted by atomic mass is 10.1. The van der Waals surface area contributed by atoms with Gasteiger partial charge in [0.1, 0.15) is 12.4 Å². The maximum Gasteiger partial charge on any atom is 0.166 e. The Bertz CT molecular complexity index is 659. The van der Waals surface area contributed by atoms with Crippen LogP contribution in [0.1, 0.15) is 31.4 Å². The minimum Gasteiger partial charge on any atom is -0.493 e. The van der Waals surface area contributed by atoms with E-state index in [-0.39, 0.29) is 11.9 Å². The molecule has 2 rings (SSSR count). The molecule has 0 bridgehead atoms. The molecule has 0 radical (unpaired) electrons. The molecule has 0 atom stereocenters. The number of hydrogen-bond donors (Lipinski definition) is 1. The van der Waals surface area contributed by atoms with Crippen LogP contribution in [0.25, 0.3) is 0 Å². The molecule has 0 saturated carbocycles. The third kappa shape index (κ3) is 6.65. The number of halogens is 1. The predicted octanol–water partition coefficient (Wildman–Crippen LogP) is 4.32. The fraction of sp³-hybridized carbons (Fsp3) is 0.429. The van der Waals surface area contributed by atoms with Crippen molar-refractivity contribution in [1.29, 1.82) is 0 Å². The van der Waals surface area contributed by atoms with Crippen molar-refractivity contribution in [2.75, 3.05) is 20.3 Å². The van der Waals surface area contributed by atoms with Gasteiger partial charge in [0.05, 0.1) is 13.2 Å². The first kappa shape index (κ1) is 20.2. The van der Waals surface area contributed by atoms with Crippen molar-refractivity contribution < 1.29 is 18.6 Å². The quantitative estimate of drug-likeness (QED) is 0.605. The van der Waals surface area contributed by atoms with E-state index in [0.717, 1.165) is 30.7 Å². The molecular weight excluding hydrogens is 333 g/mol. The summed E-state index contributed by atoms with van der Waals surface area (Å²) in [6.45, 7) is 6.72. The number of benzene rings is 2. The first-order chi connectivity index (χ1) is 12.6. The van der Waals surface area contributed by atoms with Gasteiger partial charge >= 0.3 is 0 Å². The van der Waals surface area contributed by atoms with Crippen molar-refractivity contribution in [2.45, 2.75) is 39.5 Å². The Kier molecular flexibility index (Phi) is 8.38. The van der Waals surface area contributed by atoms with Gasteiger partial charge in [-0.25, -0.2) is 4.39 Å². The van der Waals surface area contributed by atoms with Gasteiger partial charge in [0.25, 0.3) is 0 Å². The molecule has 1 N–H and O–H groups in total. The van der Waals surface area contributed by atoms with Gasteiger partial charge < -0.3 is 19.5 Å². The molecule has 0 aromatic heterocycles. The van der Waals surface area contributed by atoms with Crippen LogP contribution in [0.3, 0.4) is 0 Å². The standard InChI is InChI=1S/C21H28FNO3/c1-16(2)25-13-5-12-23-14-18-6-4-7-20(24-3)21(18)26-15-17-8-10-19(22)11-9-17/h4,6-11,16,23H,5,12-15H2,1-3H3. The second kappa shape index (κ2) is 10.8. The Morgan fingerprint density at radius 3 is 2.54 bits per heavy atom. The van der Waals surface area contributed by atoms with Crippen molar-refractivity contribution in [2.24, 2.45) is 0 Å². The van der Waals surface area contributed by atoms with E-state index in [1.807, 2.05) is 32.0 Å². The second-order valence-corrected chi connectivity index (χ2v) is 6.31. The molecule has 0 heterocycles. The van der Waals surface area contributed by atoms with Gasteiger partial charge in [0.2, 0.25) is 0 Å². The van der Waals surface area contributed by atoms with Crippen LogP contribution in [0.15, 0.2) is 42.5 Å². The van der Waals surface area contributed by atoms with Crippen LogP contribution in [0.2, 0.25) is 0 Å². The minimum atomic E-state index is -0.252. The summed E-state index contributed by atoms with van der Waals surface area (Å²) in [6.07, 6.45) is 1.22. The zero-order valence-corrected chi connectivity index (χ0v) is 15.8. The molecule has 2 aromatic rings. The van der Waals surface area contributed by atoms with Gasteiger partial charge in [0, 0.05) is 18.7 Å². The summed E-state index contributed by atoms with van der Waals surface area (Å²) in [6, 6.07) is 12.1. The fourth-order valence-corrected chi connectivity index (χ4v) is 2.50. The molecule has 142 valence electrons. The third-order valence-electron chi connectivity index (χ3n) is 3.84. The first-order valence-electron chi connectivity index (χ1n) is 8.95. The molecule has 2 aromatic carbocycles. The Morgan fingerprint density at radius 1 is 1.08 bits per heavy atom. The summed E-state index contributed by atoms with van der Waals surface area (Å²) in [5.41, 5.74) is 1.93. The van der Waals surface area contributed by atoms with Crippen LogP contribution < -0.4 is 14.8 Å². The number of hydrogen-bond acceptors (Lipinski definition) is 4. The molecule has 0 fully saturated rings. The van der Waals surface area contributed by atoms with E-state index in [2.05, 4.69) is 5.32 Å². The highest BCUT2D eigenvalue weighted by atomic mass is 19.1. The van der Waals surface area contributed by atoms with Crippen LogP contribution in [0.4, 0.5) is 4.39 Å². The number of rotatable bonds is 11. The highest BCUT2D eigenvalue weighted by molar-refractivity contribution is 5.46. The van der Waals surface area contributed by atoms with Gasteiger partial charge in [-0.15, -0.1) is 0 Å². The number of nitrogens with one attached hydrogen (secondary N) is 1. The predicted molar refractivity (Wildman–Crippen MR) is 101 cm³/mol. The molecular formula is C21H28FNO3. The Morgan fingerprint density at radius 2 is 1.85 bits per heavy atom. The van der Waals surface area contributed by atoms with E-state index in [0.29, 0.717) is 24.7 Å². The van der Waals surface area contributed by atoms with E-state index in [4.69, 9.17) is 14.2 Å². The largest absolute Gasteiger partial charge is 0.493 e. The summed E-state index contributed by atoms with van der Waals surface area (Å²) >= 11 is 0.